The summed E-state index contributed by atoms with van der Waals surface area (Å²) in [5, 5.41) is 1.25. The molecule has 0 saturated carbocycles. The van der Waals surface area contributed by atoms with E-state index in [9.17, 15) is 0 Å². The molecule has 0 radical (unpaired) electrons. The summed E-state index contributed by atoms with van der Waals surface area (Å²) in [5.41, 5.74) is 3.48. The van der Waals surface area contributed by atoms with Gasteiger partial charge < -0.3 is 14.4 Å². The third-order valence-electron chi connectivity index (χ3n) is 5.49. The van der Waals surface area contributed by atoms with Crippen molar-refractivity contribution >= 4 is 16.6 Å². The molecule has 1 aliphatic heterocycles. The Bertz CT molecular complexity index is 914. The normalized spacial score (nSPS) is 17.8. The molecule has 3 heterocycles. The van der Waals surface area contributed by atoms with E-state index in [0.717, 1.165) is 37.4 Å². The molecule has 0 amide bonds. The van der Waals surface area contributed by atoms with Gasteiger partial charge in [-0.15, -0.1) is 0 Å². The number of para-hydroxylation sites is 1. The highest BCUT2D eigenvalue weighted by atomic mass is 15.2. The van der Waals surface area contributed by atoms with Crippen molar-refractivity contribution in [3.05, 3.63) is 54.2 Å². The number of aromatic nitrogens is 3. The molecule has 142 valence electrons. The second-order valence-corrected chi connectivity index (χ2v) is 7.87. The highest BCUT2D eigenvalue weighted by Gasteiger charge is 2.26. The average molecular weight is 364 g/mol. The first-order valence-corrected chi connectivity index (χ1v) is 9.89. The van der Waals surface area contributed by atoms with Gasteiger partial charge in [0.15, 0.2) is 0 Å². The lowest BCUT2D eigenvalue weighted by atomic mass is 9.96. The van der Waals surface area contributed by atoms with E-state index < -0.39 is 0 Å². The number of fused-ring (bicyclic) bond motifs is 1. The number of aryl methyl sites for hydroxylation is 1. The van der Waals surface area contributed by atoms with Gasteiger partial charge in [0.05, 0.1) is 5.52 Å². The Hall–Kier alpha value is -2.40. The maximum absolute atomic E-state index is 4.73. The van der Waals surface area contributed by atoms with Crippen LogP contribution in [0.25, 0.3) is 10.9 Å². The number of likely N-dealkylation sites (N-methyl/N-ethyl adjacent to an activating group) is 1. The maximum atomic E-state index is 4.73. The molecule has 4 rings (SSSR count). The van der Waals surface area contributed by atoms with Crippen LogP contribution in [0, 0.1) is 6.92 Å². The lowest BCUT2D eigenvalue weighted by Gasteiger charge is -2.35. The zero-order valence-electron chi connectivity index (χ0n) is 16.6. The van der Waals surface area contributed by atoms with Crippen LogP contribution in [0.5, 0.6) is 0 Å². The Morgan fingerprint density at radius 3 is 2.93 bits per heavy atom. The average Bonchev–Trinajstić information content (AvgIpc) is 3.14. The SMILES string of the molecule is Cc1cc(N2CCC[C@@H](c3nccn3CCN(C)C)C2)c2ccccc2n1. The van der Waals surface area contributed by atoms with Crippen LogP contribution in [0.3, 0.4) is 0 Å². The van der Waals surface area contributed by atoms with Gasteiger partial charge in [-0.05, 0) is 46.0 Å². The number of hydrogen-bond acceptors (Lipinski definition) is 4. The predicted molar refractivity (Wildman–Crippen MR) is 111 cm³/mol. The van der Waals surface area contributed by atoms with Gasteiger partial charge in [-0.25, -0.2) is 4.98 Å². The van der Waals surface area contributed by atoms with E-state index in [2.05, 4.69) is 71.9 Å². The first kappa shape index (κ1) is 18.0. The molecule has 3 aromatic rings. The molecule has 0 spiro atoms. The molecular formula is C22H29N5. The zero-order chi connectivity index (χ0) is 18.8. The summed E-state index contributed by atoms with van der Waals surface area (Å²) < 4.78 is 2.34. The highest BCUT2D eigenvalue weighted by Crippen LogP contribution is 2.33. The molecule has 27 heavy (non-hydrogen) atoms. The molecule has 2 aromatic heterocycles. The fourth-order valence-electron chi connectivity index (χ4n) is 4.13. The smallest absolute Gasteiger partial charge is 0.113 e. The summed E-state index contributed by atoms with van der Waals surface area (Å²) in [7, 11) is 4.24. The largest absolute Gasteiger partial charge is 0.370 e. The first-order chi connectivity index (χ1) is 13.1. The molecular weight excluding hydrogens is 334 g/mol. The van der Waals surface area contributed by atoms with Crippen LogP contribution >= 0.6 is 0 Å². The number of rotatable bonds is 5. The van der Waals surface area contributed by atoms with E-state index in [0.29, 0.717) is 5.92 Å². The van der Waals surface area contributed by atoms with E-state index >= 15 is 0 Å². The molecule has 5 nitrogen and oxygen atoms in total. The molecule has 1 fully saturated rings. The third-order valence-corrected chi connectivity index (χ3v) is 5.49. The van der Waals surface area contributed by atoms with Crippen LogP contribution in [0.1, 0.15) is 30.3 Å². The Balaban J connectivity index is 1.60. The Morgan fingerprint density at radius 1 is 1.22 bits per heavy atom. The summed E-state index contributed by atoms with van der Waals surface area (Å²) in [6.45, 7) is 6.24. The summed E-state index contributed by atoms with van der Waals surface area (Å²) in [5.74, 6) is 1.71. The zero-order valence-corrected chi connectivity index (χ0v) is 16.6. The maximum Gasteiger partial charge on any atom is 0.113 e. The Kier molecular flexibility index (Phi) is 5.12. The fourth-order valence-corrected chi connectivity index (χ4v) is 4.13. The standard InChI is InChI=1S/C22H29N5/c1-17-15-21(19-8-4-5-9-20(19)24-17)27-11-6-7-18(16-27)22-23-10-12-26(22)14-13-25(2)3/h4-5,8-10,12,15,18H,6-7,11,13-14,16H2,1-3H3/t18-/m1/s1. The van der Waals surface area contributed by atoms with Crippen molar-refractivity contribution in [2.75, 3.05) is 38.6 Å². The van der Waals surface area contributed by atoms with Gasteiger partial charge in [-0.2, -0.15) is 0 Å². The molecule has 1 atom stereocenters. The van der Waals surface area contributed by atoms with Crippen molar-refractivity contribution in [1.29, 1.82) is 0 Å². The number of hydrogen-bond donors (Lipinski definition) is 0. The Labute approximate surface area is 161 Å². The van der Waals surface area contributed by atoms with Crippen LogP contribution in [0.15, 0.2) is 42.7 Å². The number of pyridine rings is 1. The van der Waals surface area contributed by atoms with Gasteiger partial charge in [0, 0.05) is 61.3 Å². The van der Waals surface area contributed by atoms with Gasteiger partial charge >= 0.3 is 0 Å². The van der Waals surface area contributed by atoms with Gasteiger partial charge in [-0.3, -0.25) is 4.98 Å². The predicted octanol–water partition coefficient (Wildman–Crippen LogP) is 3.69. The molecule has 5 heteroatoms. The number of benzene rings is 1. The first-order valence-electron chi connectivity index (χ1n) is 9.89. The lowest BCUT2D eigenvalue weighted by molar-refractivity contribution is 0.373. The van der Waals surface area contributed by atoms with Gasteiger partial charge in [0.2, 0.25) is 0 Å². The van der Waals surface area contributed by atoms with Gasteiger partial charge in [-0.1, -0.05) is 18.2 Å². The van der Waals surface area contributed by atoms with Crippen molar-refractivity contribution in [2.24, 2.45) is 0 Å². The number of anilines is 1. The van der Waals surface area contributed by atoms with Crippen LogP contribution in [-0.4, -0.2) is 53.2 Å². The molecule has 0 bridgehead atoms. The Morgan fingerprint density at radius 2 is 2.07 bits per heavy atom. The molecule has 0 N–H and O–H groups in total. The van der Waals surface area contributed by atoms with Gasteiger partial charge in [0.1, 0.15) is 5.82 Å². The summed E-state index contributed by atoms with van der Waals surface area (Å²) in [6.07, 6.45) is 6.48. The van der Waals surface area contributed by atoms with E-state index in [-0.39, 0.29) is 0 Å². The molecule has 0 aliphatic carbocycles. The minimum absolute atomic E-state index is 0.475. The second kappa shape index (κ2) is 7.69. The second-order valence-electron chi connectivity index (χ2n) is 7.87. The van der Waals surface area contributed by atoms with Crippen LogP contribution in [0.2, 0.25) is 0 Å². The molecule has 1 aromatic carbocycles. The topological polar surface area (TPSA) is 37.2 Å². The molecule has 1 saturated heterocycles. The van der Waals surface area contributed by atoms with Crippen LogP contribution in [0.4, 0.5) is 5.69 Å². The quantitative estimate of drug-likeness (QED) is 0.693. The van der Waals surface area contributed by atoms with Crippen molar-refractivity contribution in [3.63, 3.8) is 0 Å². The molecule has 1 aliphatic rings. The number of piperidine rings is 1. The summed E-state index contributed by atoms with van der Waals surface area (Å²) in [6, 6.07) is 10.7. The van der Waals surface area contributed by atoms with Crippen molar-refractivity contribution in [1.82, 2.24) is 19.4 Å². The van der Waals surface area contributed by atoms with Gasteiger partial charge in [0.25, 0.3) is 0 Å². The van der Waals surface area contributed by atoms with Crippen molar-refractivity contribution < 1.29 is 0 Å². The summed E-state index contributed by atoms with van der Waals surface area (Å²) >= 11 is 0. The van der Waals surface area contributed by atoms with E-state index in [1.165, 1.54) is 29.7 Å². The third kappa shape index (κ3) is 3.83. The highest BCUT2D eigenvalue weighted by molar-refractivity contribution is 5.92. The molecule has 0 unspecified atom stereocenters. The van der Waals surface area contributed by atoms with Crippen LogP contribution in [-0.2, 0) is 6.54 Å². The minimum Gasteiger partial charge on any atom is -0.370 e. The monoisotopic (exact) mass is 363 g/mol. The fraction of sp³-hybridized carbons (Fsp3) is 0.455. The van der Waals surface area contributed by atoms with Crippen molar-refractivity contribution in [2.45, 2.75) is 32.2 Å². The van der Waals surface area contributed by atoms with E-state index in [1.54, 1.807) is 0 Å². The van der Waals surface area contributed by atoms with Crippen LogP contribution < -0.4 is 4.90 Å². The van der Waals surface area contributed by atoms with E-state index in [1.807, 2.05) is 6.20 Å². The lowest BCUT2D eigenvalue weighted by Crippen LogP contribution is -2.36. The van der Waals surface area contributed by atoms with Crippen molar-refractivity contribution in [3.8, 4) is 0 Å². The number of nitrogens with zero attached hydrogens (tertiary/aromatic N) is 5. The number of imidazole rings is 1. The van der Waals surface area contributed by atoms with E-state index in [4.69, 9.17) is 9.97 Å². The minimum atomic E-state index is 0.475. The summed E-state index contributed by atoms with van der Waals surface area (Å²) in [4.78, 5) is 14.2.